The Labute approximate surface area is 148 Å². The molecule has 3 amide bonds. The topological polar surface area (TPSA) is 188 Å². The number of thioether (sulfide) groups is 1. The Morgan fingerprint density at radius 1 is 1.00 bits per heavy atom. The van der Waals surface area contributed by atoms with Gasteiger partial charge in [-0.15, -0.1) is 0 Å². The number of carboxylic acids is 2. The van der Waals surface area contributed by atoms with E-state index in [1.807, 2.05) is 0 Å². The molecule has 0 saturated heterocycles. The Kier molecular flexibility index (Phi) is 11.0. The van der Waals surface area contributed by atoms with Crippen LogP contribution in [-0.2, 0) is 24.0 Å². The monoisotopic (exact) mass is 378 g/mol. The van der Waals surface area contributed by atoms with E-state index in [4.69, 9.17) is 15.9 Å². The van der Waals surface area contributed by atoms with Crippen LogP contribution in [0.2, 0.25) is 0 Å². The van der Waals surface area contributed by atoms with Crippen molar-refractivity contribution in [2.24, 2.45) is 5.73 Å². The largest absolute Gasteiger partial charge is 0.481 e. The molecule has 0 aromatic heterocycles. The molecule has 2 atom stereocenters. The van der Waals surface area contributed by atoms with Gasteiger partial charge in [0.05, 0.1) is 19.0 Å². The van der Waals surface area contributed by atoms with Gasteiger partial charge < -0.3 is 31.9 Å². The predicted molar refractivity (Wildman–Crippen MR) is 88.8 cm³/mol. The molecule has 0 aliphatic rings. The first-order chi connectivity index (χ1) is 11.7. The minimum Gasteiger partial charge on any atom is -0.481 e. The molecule has 0 aromatic rings. The van der Waals surface area contributed by atoms with E-state index < -0.39 is 61.3 Å². The number of nitrogens with two attached hydrogens (primary N) is 1. The summed E-state index contributed by atoms with van der Waals surface area (Å²) >= 11 is 1.44. The Bertz CT molecular complexity index is 515. The standard InChI is InChI=1S/C13H22N4O7S/c1-25-3-2-8(13(24)16-6-11(21)22)17-9(18)5-15-12(23)7(14)4-10(19)20/h7-8H,2-6,14H2,1H3,(H,15,23)(H,16,24)(H,17,18)(H,19,20)(H,21,22). The molecule has 0 bridgehead atoms. The summed E-state index contributed by atoms with van der Waals surface area (Å²) in [5.41, 5.74) is 5.34. The first-order valence-electron chi connectivity index (χ1n) is 7.20. The number of aliphatic carboxylic acids is 2. The normalized spacial score (nSPS) is 12.6. The van der Waals surface area contributed by atoms with Gasteiger partial charge >= 0.3 is 11.9 Å². The Morgan fingerprint density at radius 2 is 1.60 bits per heavy atom. The van der Waals surface area contributed by atoms with E-state index in [9.17, 15) is 24.0 Å². The highest BCUT2D eigenvalue weighted by molar-refractivity contribution is 7.98. The third-order valence-corrected chi connectivity index (χ3v) is 3.47. The van der Waals surface area contributed by atoms with Gasteiger partial charge in [-0.05, 0) is 18.4 Å². The van der Waals surface area contributed by atoms with Crippen LogP contribution in [0, 0.1) is 0 Å². The minimum absolute atomic E-state index is 0.269. The molecule has 2 unspecified atom stereocenters. The third-order valence-electron chi connectivity index (χ3n) is 2.83. The molecule has 7 N–H and O–H groups in total. The number of carboxylic acid groups (broad SMARTS) is 2. The van der Waals surface area contributed by atoms with E-state index in [2.05, 4.69) is 16.0 Å². The molecule has 0 rings (SSSR count). The summed E-state index contributed by atoms with van der Waals surface area (Å²) in [5, 5.41) is 23.8. The lowest BCUT2D eigenvalue weighted by molar-refractivity contribution is -0.139. The highest BCUT2D eigenvalue weighted by Crippen LogP contribution is 2.01. The molecule has 0 heterocycles. The van der Waals surface area contributed by atoms with Crippen molar-refractivity contribution in [2.75, 3.05) is 25.1 Å². The fourth-order valence-corrected chi connectivity index (χ4v) is 2.09. The molecule has 0 fully saturated rings. The zero-order valence-corrected chi connectivity index (χ0v) is 14.4. The molecule has 0 aliphatic heterocycles. The first kappa shape index (κ1) is 22.7. The second-order valence-corrected chi connectivity index (χ2v) is 5.92. The number of hydrogen-bond donors (Lipinski definition) is 6. The Hall–Kier alpha value is -2.34. The van der Waals surface area contributed by atoms with Crippen LogP contribution in [0.15, 0.2) is 0 Å². The second kappa shape index (κ2) is 12.1. The zero-order chi connectivity index (χ0) is 19.4. The van der Waals surface area contributed by atoms with Gasteiger partial charge in [-0.1, -0.05) is 0 Å². The average molecular weight is 378 g/mol. The summed E-state index contributed by atoms with van der Waals surface area (Å²) in [4.78, 5) is 56.2. The van der Waals surface area contributed by atoms with Gasteiger partial charge in [0, 0.05) is 0 Å². The molecular weight excluding hydrogens is 356 g/mol. The van der Waals surface area contributed by atoms with Crippen LogP contribution < -0.4 is 21.7 Å². The summed E-state index contributed by atoms with van der Waals surface area (Å²) < 4.78 is 0. The summed E-state index contributed by atoms with van der Waals surface area (Å²) in [6.45, 7) is -1.07. The van der Waals surface area contributed by atoms with E-state index in [1.54, 1.807) is 6.26 Å². The predicted octanol–water partition coefficient (Wildman–Crippen LogP) is -2.66. The van der Waals surface area contributed by atoms with Gasteiger partial charge in [-0.3, -0.25) is 24.0 Å². The van der Waals surface area contributed by atoms with Crippen LogP contribution in [0.5, 0.6) is 0 Å². The third kappa shape index (κ3) is 10.9. The molecule has 0 spiro atoms. The van der Waals surface area contributed by atoms with Crippen molar-refractivity contribution in [3.05, 3.63) is 0 Å². The van der Waals surface area contributed by atoms with E-state index in [-0.39, 0.29) is 6.42 Å². The molecule has 0 saturated carbocycles. The second-order valence-electron chi connectivity index (χ2n) is 4.94. The summed E-state index contributed by atoms with van der Waals surface area (Å²) in [5.74, 6) is -4.08. The number of amides is 3. The first-order valence-corrected chi connectivity index (χ1v) is 8.59. The quantitative estimate of drug-likeness (QED) is 0.211. The summed E-state index contributed by atoms with van der Waals surface area (Å²) in [6.07, 6.45) is 1.49. The van der Waals surface area contributed by atoms with Gasteiger partial charge in [0.15, 0.2) is 0 Å². The fraction of sp³-hybridized carbons (Fsp3) is 0.615. The maximum Gasteiger partial charge on any atom is 0.322 e. The molecular formula is C13H22N4O7S. The van der Waals surface area contributed by atoms with Crippen molar-refractivity contribution in [3.8, 4) is 0 Å². The van der Waals surface area contributed by atoms with Crippen LogP contribution in [0.25, 0.3) is 0 Å². The fourth-order valence-electron chi connectivity index (χ4n) is 1.62. The smallest absolute Gasteiger partial charge is 0.322 e. The molecule has 0 aromatic carbocycles. The van der Waals surface area contributed by atoms with Crippen LogP contribution in [0.3, 0.4) is 0 Å². The van der Waals surface area contributed by atoms with Crippen LogP contribution in [0.1, 0.15) is 12.8 Å². The van der Waals surface area contributed by atoms with Crippen molar-refractivity contribution in [1.29, 1.82) is 0 Å². The maximum absolute atomic E-state index is 11.9. The molecule has 11 nitrogen and oxygen atoms in total. The van der Waals surface area contributed by atoms with E-state index in [0.717, 1.165) is 0 Å². The molecule has 0 radical (unpaired) electrons. The van der Waals surface area contributed by atoms with Crippen LogP contribution in [0.4, 0.5) is 0 Å². The highest BCUT2D eigenvalue weighted by atomic mass is 32.2. The number of nitrogens with one attached hydrogen (secondary N) is 3. The van der Waals surface area contributed by atoms with E-state index in [1.165, 1.54) is 11.8 Å². The number of carbonyl (C=O) groups is 5. The van der Waals surface area contributed by atoms with Gasteiger partial charge in [-0.2, -0.15) is 11.8 Å². The molecule has 12 heteroatoms. The highest BCUT2D eigenvalue weighted by Gasteiger charge is 2.22. The summed E-state index contributed by atoms with van der Waals surface area (Å²) in [6, 6.07) is -2.25. The van der Waals surface area contributed by atoms with Crippen LogP contribution in [-0.4, -0.2) is 77.1 Å². The average Bonchev–Trinajstić information content (AvgIpc) is 2.53. The van der Waals surface area contributed by atoms with Crippen molar-refractivity contribution >= 4 is 41.4 Å². The minimum atomic E-state index is -1.29. The van der Waals surface area contributed by atoms with Gasteiger partial charge in [0.2, 0.25) is 17.7 Å². The van der Waals surface area contributed by atoms with E-state index in [0.29, 0.717) is 5.75 Å². The number of hydrogen-bond acceptors (Lipinski definition) is 7. The van der Waals surface area contributed by atoms with Crippen LogP contribution >= 0.6 is 11.8 Å². The lowest BCUT2D eigenvalue weighted by Crippen LogP contribution is -2.51. The van der Waals surface area contributed by atoms with Crippen molar-refractivity contribution < 1.29 is 34.2 Å². The van der Waals surface area contributed by atoms with Gasteiger partial charge in [0.25, 0.3) is 0 Å². The molecule has 142 valence electrons. The molecule has 25 heavy (non-hydrogen) atoms. The SMILES string of the molecule is CSCCC(NC(=O)CNC(=O)C(N)CC(=O)O)C(=O)NCC(=O)O. The maximum atomic E-state index is 11.9. The van der Waals surface area contributed by atoms with Crippen molar-refractivity contribution in [1.82, 2.24) is 16.0 Å². The van der Waals surface area contributed by atoms with Crippen molar-refractivity contribution in [3.63, 3.8) is 0 Å². The number of rotatable bonds is 12. The molecule has 0 aliphatic carbocycles. The van der Waals surface area contributed by atoms with Gasteiger partial charge in [-0.25, -0.2) is 0 Å². The van der Waals surface area contributed by atoms with Gasteiger partial charge in [0.1, 0.15) is 12.6 Å². The number of carbonyl (C=O) groups excluding carboxylic acids is 3. The Balaban J connectivity index is 4.49. The van der Waals surface area contributed by atoms with E-state index >= 15 is 0 Å². The lowest BCUT2D eigenvalue weighted by atomic mass is 10.2. The lowest BCUT2D eigenvalue weighted by Gasteiger charge is -2.18. The van der Waals surface area contributed by atoms with Crippen molar-refractivity contribution in [2.45, 2.75) is 24.9 Å². The summed E-state index contributed by atoms with van der Waals surface area (Å²) in [7, 11) is 0. The zero-order valence-electron chi connectivity index (χ0n) is 13.6. The Morgan fingerprint density at radius 3 is 2.12 bits per heavy atom.